The Morgan fingerprint density at radius 3 is 2.62 bits per heavy atom. The SMILES string of the molecule is Cc1nc(-c2ccccn2)nc(NCC2(c3cccc(F)c3)CCOCC2)c1C. The first-order valence-electron chi connectivity index (χ1n) is 9.92. The third kappa shape index (κ3) is 4.12. The van der Waals surface area contributed by atoms with Crippen LogP contribution >= 0.6 is 0 Å². The summed E-state index contributed by atoms with van der Waals surface area (Å²) in [5.41, 5.74) is 3.46. The van der Waals surface area contributed by atoms with Gasteiger partial charge in [0.25, 0.3) is 0 Å². The molecule has 5 nitrogen and oxygen atoms in total. The van der Waals surface area contributed by atoms with Crippen LogP contribution in [0.5, 0.6) is 0 Å². The molecule has 1 aromatic carbocycles. The number of hydrogen-bond acceptors (Lipinski definition) is 5. The molecule has 0 radical (unpaired) electrons. The van der Waals surface area contributed by atoms with Crippen LogP contribution in [0.2, 0.25) is 0 Å². The van der Waals surface area contributed by atoms with Crippen molar-refractivity contribution in [2.45, 2.75) is 32.1 Å². The van der Waals surface area contributed by atoms with Crippen molar-refractivity contribution in [1.82, 2.24) is 15.0 Å². The van der Waals surface area contributed by atoms with Crippen molar-refractivity contribution in [2.24, 2.45) is 0 Å². The fraction of sp³-hybridized carbons (Fsp3) is 0.348. The first kappa shape index (κ1) is 19.5. The summed E-state index contributed by atoms with van der Waals surface area (Å²) in [6.45, 7) is 5.97. The number of ether oxygens (including phenoxy) is 1. The molecule has 0 spiro atoms. The topological polar surface area (TPSA) is 59.9 Å². The van der Waals surface area contributed by atoms with Gasteiger partial charge in [-0.3, -0.25) is 4.98 Å². The predicted octanol–water partition coefficient (Wildman–Crippen LogP) is 4.45. The first-order chi connectivity index (χ1) is 14.1. The monoisotopic (exact) mass is 392 g/mol. The van der Waals surface area contributed by atoms with Gasteiger partial charge in [0.05, 0.1) is 0 Å². The molecule has 150 valence electrons. The normalized spacial score (nSPS) is 15.8. The third-order valence-corrected chi connectivity index (χ3v) is 5.76. The Labute approximate surface area is 170 Å². The largest absolute Gasteiger partial charge is 0.381 e. The molecule has 1 fully saturated rings. The van der Waals surface area contributed by atoms with Crippen LogP contribution < -0.4 is 5.32 Å². The lowest BCUT2D eigenvalue weighted by atomic mass is 9.74. The summed E-state index contributed by atoms with van der Waals surface area (Å²) < 4.78 is 19.5. The van der Waals surface area contributed by atoms with E-state index in [1.54, 1.807) is 18.3 Å². The van der Waals surface area contributed by atoms with E-state index in [0.29, 0.717) is 25.6 Å². The number of aryl methyl sites for hydroxylation is 1. The summed E-state index contributed by atoms with van der Waals surface area (Å²) in [4.78, 5) is 13.7. The molecule has 1 aliphatic rings. The van der Waals surface area contributed by atoms with E-state index in [9.17, 15) is 4.39 Å². The van der Waals surface area contributed by atoms with Crippen LogP contribution in [0.4, 0.5) is 10.2 Å². The zero-order valence-corrected chi connectivity index (χ0v) is 16.8. The van der Waals surface area contributed by atoms with Gasteiger partial charge in [-0.15, -0.1) is 0 Å². The number of halogens is 1. The van der Waals surface area contributed by atoms with Crippen LogP contribution in [0.25, 0.3) is 11.5 Å². The average molecular weight is 392 g/mol. The molecule has 0 unspecified atom stereocenters. The summed E-state index contributed by atoms with van der Waals surface area (Å²) in [6.07, 6.45) is 3.40. The van der Waals surface area contributed by atoms with Gasteiger partial charge in [0, 0.05) is 42.6 Å². The zero-order valence-electron chi connectivity index (χ0n) is 16.8. The number of pyridine rings is 1. The van der Waals surface area contributed by atoms with Crippen LogP contribution in [0.1, 0.15) is 29.7 Å². The Morgan fingerprint density at radius 2 is 1.90 bits per heavy atom. The average Bonchev–Trinajstić information content (AvgIpc) is 2.76. The van der Waals surface area contributed by atoms with Gasteiger partial charge in [-0.25, -0.2) is 14.4 Å². The van der Waals surface area contributed by atoms with Gasteiger partial charge in [0.1, 0.15) is 17.3 Å². The van der Waals surface area contributed by atoms with Crippen LogP contribution in [0.3, 0.4) is 0 Å². The van der Waals surface area contributed by atoms with Gasteiger partial charge in [0.15, 0.2) is 5.82 Å². The van der Waals surface area contributed by atoms with Gasteiger partial charge >= 0.3 is 0 Å². The number of rotatable bonds is 5. The Balaban J connectivity index is 1.65. The smallest absolute Gasteiger partial charge is 0.180 e. The Hall–Kier alpha value is -2.86. The van der Waals surface area contributed by atoms with E-state index in [0.717, 1.165) is 41.2 Å². The molecule has 1 saturated heterocycles. The lowest BCUT2D eigenvalue weighted by Gasteiger charge is -2.38. The summed E-state index contributed by atoms with van der Waals surface area (Å²) >= 11 is 0. The minimum atomic E-state index is -0.208. The second kappa shape index (κ2) is 8.25. The van der Waals surface area contributed by atoms with Crippen LogP contribution in [-0.4, -0.2) is 34.7 Å². The molecule has 0 bridgehead atoms. The van der Waals surface area contributed by atoms with Crippen LogP contribution in [-0.2, 0) is 10.2 Å². The molecule has 4 rings (SSSR count). The van der Waals surface area contributed by atoms with Crippen LogP contribution in [0, 0.1) is 19.7 Å². The van der Waals surface area contributed by atoms with Gasteiger partial charge in [-0.05, 0) is 56.5 Å². The highest BCUT2D eigenvalue weighted by Crippen LogP contribution is 2.36. The van der Waals surface area contributed by atoms with Crippen molar-refractivity contribution in [3.63, 3.8) is 0 Å². The van der Waals surface area contributed by atoms with Gasteiger partial charge < -0.3 is 10.1 Å². The molecule has 2 aromatic heterocycles. The summed E-state index contributed by atoms with van der Waals surface area (Å²) in [5.74, 6) is 1.18. The minimum Gasteiger partial charge on any atom is -0.381 e. The third-order valence-electron chi connectivity index (χ3n) is 5.76. The fourth-order valence-electron chi connectivity index (χ4n) is 3.81. The number of anilines is 1. The molecule has 0 aliphatic carbocycles. The molecular weight excluding hydrogens is 367 g/mol. The van der Waals surface area contributed by atoms with E-state index in [4.69, 9.17) is 9.72 Å². The second-order valence-electron chi connectivity index (χ2n) is 7.58. The first-order valence-corrected chi connectivity index (χ1v) is 9.92. The maximum Gasteiger partial charge on any atom is 0.180 e. The maximum absolute atomic E-state index is 13.9. The highest BCUT2D eigenvalue weighted by atomic mass is 19.1. The van der Waals surface area contributed by atoms with E-state index < -0.39 is 0 Å². The number of benzene rings is 1. The highest BCUT2D eigenvalue weighted by molar-refractivity contribution is 5.56. The summed E-state index contributed by atoms with van der Waals surface area (Å²) in [6, 6.07) is 12.6. The molecule has 1 N–H and O–H groups in total. The van der Waals surface area contributed by atoms with Crippen molar-refractivity contribution in [3.05, 3.63) is 71.3 Å². The van der Waals surface area contributed by atoms with Crippen molar-refractivity contribution >= 4 is 5.82 Å². The molecule has 1 aliphatic heterocycles. The predicted molar refractivity (Wildman–Crippen MR) is 111 cm³/mol. The van der Waals surface area contributed by atoms with Crippen molar-refractivity contribution in [2.75, 3.05) is 25.1 Å². The molecule has 29 heavy (non-hydrogen) atoms. The standard InChI is InChI=1S/C23H25FN4O/c1-16-17(2)27-22(20-8-3-4-11-25-20)28-21(16)26-15-23(9-12-29-13-10-23)18-6-5-7-19(24)14-18/h3-8,11,14H,9-10,12-13,15H2,1-2H3,(H,26,27,28). The Kier molecular flexibility index (Phi) is 5.53. The fourth-order valence-corrected chi connectivity index (χ4v) is 3.81. The minimum absolute atomic E-state index is 0.198. The second-order valence-corrected chi connectivity index (χ2v) is 7.58. The Bertz CT molecular complexity index is 987. The van der Waals surface area contributed by atoms with E-state index in [-0.39, 0.29) is 11.2 Å². The Morgan fingerprint density at radius 1 is 1.07 bits per heavy atom. The molecular formula is C23H25FN4O. The van der Waals surface area contributed by atoms with E-state index in [1.165, 1.54) is 6.07 Å². The van der Waals surface area contributed by atoms with Gasteiger partial charge in [0.2, 0.25) is 0 Å². The van der Waals surface area contributed by atoms with Crippen molar-refractivity contribution in [3.8, 4) is 11.5 Å². The lowest BCUT2D eigenvalue weighted by molar-refractivity contribution is 0.0542. The van der Waals surface area contributed by atoms with Gasteiger partial charge in [-0.2, -0.15) is 0 Å². The number of aromatic nitrogens is 3. The van der Waals surface area contributed by atoms with E-state index in [2.05, 4.69) is 15.3 Å². The molecule has 0 atom stereocenters. The molecule has 3 aromatic rings. The summed E-state index contributed by atoms with van der Waals surface area (Å²) in [7, 11) is 0. The molecule has 0 amide bonds. The quantitative estimate of drug-likeness (QED) is 0.695. The zero-order chi connectivity index (χ0) is 20.3. The van der Waals surface area contributed by atoms with Crippen LogP contribution in [0.15, 0.2) is 48.7 Å². The van der Waals surface area contributed by atoms with Crippen molar-refractivity contribution in [1.29, 1.82) is 0 Å². The van der Waals surface area contributed by atoms with E-state index >= 15 is 0 Å². The molecule has 3 heterocycles. The number of hydrogen-bond donors (Lipinski definition) is 1. The van der Waals surface area contributed by atoms with Crippen molar-refractivity contribution < 1.29 is 9.13 Å². The molecule has 0 saturated carbocycles. The molecule has 6 heteroatoms. The highest BCUT2D eigenvalue weighted by Gasteiger charge is 2.35. The number of nitrogens with one attached hydrogen (secondary N) is 1. The van der Waals surface area contributed by atoms with E-state index in [1.807, 2.05) is 38.1 Å². The summed E-state index contributed by atoms with van der Waals surface area (Å²) in [5, 5.41) is 3.54. The maximum atomic E-state index is 13.9. The van der Waals surface area contributed by atoms with Gasteiger partial charge in [-0.1, -0.05) is 18.2 Å². The lowest BCUT2D eigenvalue weighted by Crippen LogP contribution is -2.40. The number of nitrogens with zero attached hydrogens (tertiary/aromatic N) is 3.